The Labute approximate surface area is 206 Å². The minimum Gasteiger partial charge on any atom is -0.370 e. The first-order valence-electron chi connectivity index (χ1n) is 11.2. The molecule has 6 rings (SSSR count). The zero-order valence-electron chi connectivity index (χ0n) is 18.3. The highest BCUT2D eigenvalue weighted by atomic mass is 35.5. The molecule has 176 valence electrons. The van der Waals surface area contributed by atoms with Crippen LogP contribution in [0.25, 0.3) is 11.3 Å². The Hall–Kier alpha value is -2.72. The first-order valence-corrected chi connectivity index (χ1v) is 12.0. The van der Waals surface area contributed by atoms with Gasteiger partial charge in [0.15, 0.2) is 0 Å². The highest BCUT2D eigenvalue weighted by molar-refractivity contribution is 6.35. The average Bonchev–Trinajstić information content (AvgIpc) is 3.15. The lowest BCUT2D eigenvalue weighted by molar-refractivity contribution is -0.125. The topological polar surface area (TPSA) is 97.2 Å². The number of ether oxygens (including phenoxy) is 1. The van der Waals surface area contributed by atoms with Gasteiger partial charge in [-0.25, -0.2) is 9.97 Å². The highest BCUT2D eigenvalue weighted by Gasteiger charge is 2.49. The number of anilines is 3. The summed E-state index contributed by atoms with van der Waals surface area (Å²) < 4.78 is 7.08. The fourth-order valence-electron chi connectivity index (χ4n) is 4.90. The SMILES string of the molecule is O=C1COCCN1c1ccc(Nc2ncc(Cl)c(-c3cnn(C4CC5(CNC5)C4)c3Cl)n2)cc1. The summed E-state index contributed by atoms with van der Waals surface area (Å²) in [6.45, 7) is 3.34. The van der Waals surface area contributed by atoms with Crippen molar-refractivity contribution in [2.24, 2.45) is 5.41 Å². The molecule has 3 aromatic rings. The van der Waals surface area contributed by atoms with Gasteiger partial charge in [0.1, 0.15) is 11.8 Å². The molecule has 1 amide bonds. The van der Waals surface area contributed by atoms with Crippen LogP contribution in [0.2, 0.25) is 10.2 Å². The lowest BCUT2D eigenvalue weighted by Gasteiger charge is -2.54. The van der Waals surface area contributed by atoms with Gasteiger partial charge >= 0.3 is 0 Å². The summed E-state index contributed by atoms with van der Waals surface area (Å²) in [5.41, 5.74) is 3.25. The van der Waals surface area contributed by atoms with E-state index in [2.05, 4.69) is 25.7 Å². The maximum Gasteiger partial charge on any atom is 0.253 e. The Balaban J connectivity index is 1.19. The van der Waals surface area contributed by atoms with Crippen LogP contribution in [0.5, 0.6) is 0 Å². The van der Waals surface area contributed by atoms with Crippen molar-refractivity contribution in [3.63, 3.8) is 0 Å². The van der Waals surface area contributed by atoms with Gasteiger partial charge in [-0.2, -0.15) is 5.10 Å². The molecule has 4 heterocycles. The second-order valence-electron chi connectivity index (χ2n) is 9.12. The fourth-order valence-corrected chi connectivity index (χ4v) is 5.41. The van der Waals surface area contributed by atoms with E-state index in [0.29, 0.717) is 52.0 Å². The molecule has 1 aliphatic carbocycles. The third kappa shape index (κ3) is 3.82. The number of nitrogens with one attached hydrogen (secondary N) is 2. The Bertz CT molecular complexity index is 1230. The zero-order valence-corrected chi connectivity index (χ0v) is 19.8. The molecule has 3 aliphatic rings. The van der Waals surface area contributed by atoms with E-state index in [4.69, 9.17) is 27.9 Å². The van der Waals surface area contributed by atoms with Crippen LogP contribution in [0.4, 0.5) is 17.3 Å². The van der Waals surface area contributed by atoms with Crippen molar-refractivity contribution in [3.8, 4) is 11.3 Å². The number of benzene rings is 1. The quantitative estimate of drug-likeness (QED) is 0.552. The number of halogens is 2. The smallest absolute Gasteiger partial charge is 0.253 e. The molecular formula is C23H23Cl2N7O2. The van der Waals surface area contributed by atoms with E-state index in [9.17, 15) is 4.79 Å². The number of hydrogen-bond donors (Lipinski definition) is 2. The predicted molar refractivity (Wildman–Crippen MR) is 130 cm³/mol. The number of carbonyl (C=O) groups excluding carboxylic acids is 1. The molecule has 2 aliphatic heterocycles. The van der Waals surface area contributed by atoms with Gasteiger partial charge in [-0.15, -0.1) is 0 Å². The van der Waals surface area contributed by atoms with Crippen molar-refractivity contribution in [1.29, 1.82) is 0 Å². The van der Waals surface area contributed by atoms with Gasteiger partial charge < -0.3 is 20.3 Å². The minimum absolute atomic E-state index is 0.0449. The highest BCUT2D eigenvalue weighted by Crippen LogP contribution is 2.52. The molecule has 1 spiro atoms. The minimum atomic E-state index is -0.0449. The molecule has 9 nitrogen and oxygen atoms in total. The van der Waals surface area contributed by atoms with E-state index in [0.717, 1.165) is 37.3 Å². The number of amides is 1. The van der Waals surface area contributed by atoms with Crippen molar-refractivity contribution in [2.45, 2.75) is 18.9 Å². The van der Waals surface area contributed by atoms with Crippen LogP contribution < -0.4 is 15.5 Å². The summed E-state index contributed by atoms with van der Waals surface area (Å²) in [5, 5.41) is 12.0. The van der Waals surface area contributed by atoms with Crippen molar-refractivity contribution in [2.75, 3.05) is 43.1 Å². The van der Waals surface area contributed by atoms with Crippen LogP contribution in [0.15, 0.2) is 36.7 Å². The summed E-state index contributed by atoms with van der Waals surface area (Å²) in [6.07, 6.45) is 5.44. The molecule has 1 saturated carbocycles. The van der Waals surface area contributed by atoms with Crippen molar-refractivity contribution in [3.05, 3.63) is 46.8 Å². The molecule has 2 N–H and O–H groups in total. The zero-order chi connectivity index (χ0) is 23.3. The number of nitrogens with zero attached hydrogens (tertiary/aromatic N) is 5. The first-order chi connectivity index (χ1) is 16.5. The number of hydrogen-bond acceptors (Lipinski definition) is 7. The van der Waals surface area contributed by atoms with E-state index >= 15 is 0 Å². The normalized spacial score (nSPS) is 19.7. The number of carbonyl (C=O) groups is 1. The third-order valence-corrected chi connectivity index (χ3v) is 7.49. The van der Waals surface area contributed by atoms with E-state index in [1.807, 2.05) is 28.9 Å². The van der Waals surface area contributed by atoms with Gasteiger partial charge in [0, 0.05) is 31.0 Å². The van der Waals surface area contributed by atoms with E-state index in [1.54, 1.807) is 17.3 Å². The first kappa shape index (κ1) is 21.8. The standard InChI is InChI=1S/C23H23Cl2N7O2/c24-18-10-27-22(29-14-1-3-15(4-2-14)31-5-6-34-11-19(31)33)30-20(18)17-9-28-32(21(17)25)16-7-23(8-16)12-26-13-23/h1-4,9-10,16,26H,5-8,11-13H2,(H,27,29,30). The molecule has 34 heavy (non-hydrogen) atoms. The Kier molecular flexibility index (Phi) is 5.44. The maximum atomic E-state index is 12.1. The molecule has 0 radical (unpaired) electrons. The van der Waals surface area contributed by atoms with Crippen molar-refractivity contribution >= 4 is 46.4 Å². The van der Waals surface area contributed by atoms with Gasteiger partial charge in [0.05, 0.1) is 41.3 Å². The average molecular weight is 500 g/mol. The van der Waals surface area contributed by atoms with Gasteiger partial charge in [-0.05, 0) is 42.5 Å². The van der Waals surface area contributed by atoms with Crippen LogP contribution in [0.1, 0.15) is 18.9 Å². The molecule has 1 aromatic carbocycles. The largest absolute Gasteiger partial charge is 0.370 e. The van der Waals surface area contributed by atoms with Crippen LogP contribution in [-0.2, 0) is 9.53 Å². The van der Waals surface area contributed by atoms with Crippen molar-refractivity contribution < 1.29 is 9.53 Å². The molecule has 3 fully saturated rings. The molecule has 11 heteroatoms. The number of aromatic nitrogens is 4. The van der Waals surface area contributed by atoms with E-state index in [-0.39, 0.29) is 12.5 Å². The summed E-state index contributed by atoms with van der Waals surface area (Å²) in [5.74, 6) is 0.345. The number of morpholine rings is 1. The van der Waals surface area contributed by atoms with Crippen molar-refractivity contribution in [1.82, 2.24) is 25.1 Å². The summed E-state index contributed by atoms with van der Waals surface area (Å²) in [4.78, 5) is 22.7. The molecule has 0 unspecified atom stereocenters. The number of rotatable bonds is 5. The lowest BCUT2D eigenvalue weighted by atomic mass is 9.62. The Morgan fingerprint density at radius 3 is 2.65 bits per heavy atom. The summed E-state index contributed by atoms with van der Waals surface area (Å²) in [6, 6.07) is 7.82. The third-order valence-electron chi connectivity index (χ3n) is 6.84. The molecule has 0 atom stereocenters. The Morgan fingerprint density at radius 1 is 1.15 bits per heavy atom. The van der Waals surface area contributed by atoms with Crippen LogP contribution in [-0.4, -0.2) is 58.5 Å². The van der Waals surface area contributed by atoms with Crippen LogP contribution in [0.3, 0.4) is 0 Å². The lowest BCUT2D eigenvalue weighted by Crippen LogP contribution is -2.60. The molecule has 2 aromatic heterocycles. The summed E-state index contributed by atoms with van der Waals surface area (Å²) >= 11 is 13.1. The van der Waals surface area contributed by atoms with E-state index < -0.39 is 0 Å². The molecular weight excluding hydrogens is 477 g/mol. The predicted octanol–water partition coefficient (Wildman–Crippen LogP) is 3.68. The summed E-state index contributed by atoms with van der Waals surface area (Å²) in [7, 11) is 0. The Morgan fingerprint density at radius 2 is 1.94 bits per heavy atom. The second kappa shape index (κ2) is 8.49. The fraction of sp³-hybridized carbons (Fsp3) is 0.391. The van der Waals surface area contributed by atoms with Gasteiger partial charge in [0.2, 0.25) is 5.95 Å². The van der Waals surface area contributed by atoms with Gasteiger partial charge in [-0.1, -0.05) is 23.2 Å². The monoisotopic (exact) mass is 499 g/mol. The van der Waals surface area contributed by atoms with E-state index in [1.165, 1.54) is 0 Å². The second-order valence-corrected chi connectivity index (χ2v) is 9.88. The molecule has 0 bridgehead atoms. The van der Waals surface area contributed by atoms with Crippen LogP contribution >= 0.6 is 23.2 Å². The molecule has 2 saturated heterocycles. The van der Waals surface area contributed by atoms with Crippen LogP contribution in [0, 0.1) is 5.41 Å². The van der Waals surface area contributed by atoms with Gasteiger partial charge in [-0.3, -0.25) is 9.48 Å². The maximum absolute atomic E-state index is 12.1. The van der Waals surface area contributed by atoms with Gasteiger partial charge in [0.25, 0.3) is 5.91 Å².